The number of ether oxygens (including phenoxy) is 1. The van der Waals surface area contributed by atoms with Gasteiger partial charge in [-0.15, -0.1) is 0 Å². The quantitative estimate of drug-likeness (QED) is 0.682. The van der Waals surface area contributed by atoms with Crippen molar-refractivity contribution in [3.8, 4) is 11.1 Å². The molecule has 0 aromatic heterocycles. The molecule has 1 amide bonds. The fraction of sp³-hybridized carbons (Fsp3) is 0.417. The van der Waals surface area contributed by atoms with Crippen LogP contribution in [0, 0.1) is 0 Å². The van der Waals surface area contributed by atoms with Crippen LogP contribution in [0.3, 0.4) is 0 Å². The Morgan fingerprint density at radius 2 is 1.66 bits per heavy atom. The second kappa shape index (κ2) is 8.27. The van der Waals surface area contributed by atoms with Crippen molar-refractivity contribution in [3.63, 3.8) is 0 Å². The van der Waals surface area contributed by atoms with E-state index in [-0.39, 0.29) is 18.6 Å². The standard InChI is InChI=1S/C24H27NO4/c1-2-3-12-22(23(26)27)25(16-13-14-16)24(28)29-15-21-19-10-6-4-8-17(19)18-9-5-7-11-20(18)21/h4-11,16,21-22H,2-3,12-15H2,1H3,(H,26,27)/t22-/m0/s1. The first-order valence-electron chi connectivity index (χ1n) is 10.5. The zero-order chi connectivity index (χ0) is 20.4. The van der Waals surface area contributed by atoms with Gasteiger partial charge in [-0.3, -0.25) is 4.90 Å². The number of fused-ring (bicyclic) bond motifs is 3. The van der Waals surface area contributed by atoms with Crippen LogP contribution >= 0.6 is 0 Å². The van der Waals surface area contributed by atoms with E-state index in [1.807, 2.05) is 31.2 Å². The Kier molecular flexibility index (Phi) is 5.56. The largest absolute Gasteiger partial charge is 0.480 e. The van der Waals surface area contributed by atoms with Crippen molar-refractivity contribution in [2.75, 3.05) is 6.61 Å². The first-order chi connectivity index (χ1) is 14.1. The summed E-state index contributed by atoms with van der Waals surface area (Å²) in [7, 11) is 0. The third kappa shape index (κ3) is 3.86. The van der Waals surface area contributed by atoms with E-state index < -0.39 is 18.1 Å². The third-order valence-electron chi connectivity index (χ3n) is 5.94. The fourth-order valence-electron chi connectivity index (χ4n) is 4.33. The lowest BCUT2D eigenvalue weighted by Crippen LogP contribution is -2.47. The molecule has 0 radical (unpaired) electrons. The van der Waals surface area contributed by atoms with Crippen LogP contribution in [0.4, 0.5) is 4.79 Å². The van der Waals surface area contributed by atoms with Gasteiger partial charge < -0.3 is 9.84 Å². The Labute approximate surface area is 171 Å². The number of nitrogens with zero attached hydrogens (tertiary/aromatic N) is 1. The molecular weight excluding hydrogens is 366 g/mol. The van der Waals surface area contributed by atoms with Crippen LogP contribution in [0.1, 0.15) is 56.1 Å². The fourth-order valence-corrected chi connectivity index (χ4v) is 4.33. The average Bonchev–Trinajstić information content (AvgIpc) is 3.51. The van der Waals surface area contributed by atoms with Gasteiger partial charge in [-0.1, -0.05) is 68.3 Å². The molecule has 0 bridgehead atoms. The predicted octanol–water partition coefficient (Wildman–Crippen LogP) is 5.04. The molecule has 2 aromatic rings. The number of amides is 1. The molecule has 5 heteroatoms. The van der Waals surface area contributed by atoms with Crippen molar-refractivity contribution in [1.82, 2.24) is 4.90 Å². The Hall–Kier alpha value is -2.82. The molecule has 0 aliphatic heterocycles. The lowest BCUT2D eigenvalue weighted by atomic mass is 9.98. The van der Waals surface area contributed by atoms with E-state index in [1.54, 1.807) is 0 Å². The summed E-state index contributed by atoms with van der Waals surface area (Å²) in [5.74, 6) is -0.967. The number of hydrogen-bond acceptors (Lipinski definition) is 3. The van der Waals surface area contributed by atoms with Crippen LogP contribution in [0.5, 0.6) is 0 Å². The van der Waals surface area contributed by atoms with Crippen molar-refractivity contribution in [2.24, 2.45) is 0 Å². The number of hydrogen-bond donors (Lipinski definition) is 1. The number of rotatable bonds is 8. The van der Waals surface area contributed by atoms with Gasteiger partial charge in [0.15, 0.2) is 0 Å². The van der Waals surface area contributed by atoms with Gasteiger partial charge in [-0.2, -0.15) is 0 Å². The summed E-state index contributed by atoms with van der Waals surface area (Å²) in [6.45, 7) is 2.24. The average molecular weight is 393 g/mol. The van der Waals surface area contributed by atoms with Crippen LogP contribution in [-0.4, -0.2) is 40.8 Å². The van der Waals surface area contributed by atoms with Crippen molar-refractivity contribution >= 4 is 12.1 Å². The van der Waals surface area contributed by atoms with E-state index in [2.05, 4.69) is 24.3 Å². The Bertz CT molecular complexity index is 860. The van der Waals surface area contributed by atoms with E-state index in [4.69, 9.17) is 4.74 Å². The number of carboxylic acid groups (broad SMARTS) is 1. The summed E-state index contributed by atoms with van der Waals surface area (Å²) >= 11 is 0. The maximum absolute atomic E-state index is 13.0. The number of benzene rings is 2. The Morgan fingerprint density at radius 3 is 2.17 bits per heavy atom. The topological polar surface area (TPSA) is 66.8 Å². The molecule has 29 heavy (non-hydrogen) atoms. The zero-order valence-electron chi connectivity index (χ0n) is 16.7. The summed E-state index contributed by atoms with van der Waals surface area (Å²) in [4.78, 5) is 26.3. The molecular formula is C24H27NO4. The van der Waals surface area contributed by atoms with Crippen molar-refractivity contribution in [3.05, 3.63) is 59.7 Å². The molecule has 1 fully saturated rings. The normalized spacial score (nSPS) is 16.0. The highest BCUT2D eigenvalue weighted by molar-refractivity contribution is 5.81. The molecule has 0 unspecified atom stereocenters. The second-order valence-corrected chi connectivity index (χ2v) is 7.94. The Morgan fingerprint density at radius 1 is 1.07 bits per heavy atom. The van der Waals surface area contributed by atoms with Gasteiger partial charge in [0.1, 0.15) is 12.6 Å². The van der Waals surface area contributed by atoms with Crippen LogP contribution < -0.4 is 0 Å². The summed E-state index contributed by atoms with van der Waals surface area (Å²) in [5, 5.41) is 9.69. The smallest absolute Gasteiger partial charge is 0.410 e. The van der Waals surface area contributed by atoms with Gasteiger partial charge in [0, 0.05) is 12.0 Å². The van der Waals surface area contributed by atoms with Gasteiger partial charge >= 0.3 is 12.1 Å². The highest BCUT2D eigenvalue weighted by Crippen LogP contribution is 2.44. The van der Waals surface area contributed by atoms with Gasteiger partial charge in [-0.05, 0) is 41.5 Å². The van der Waals surface area contributed by atoms with Gasteiger partial charge in [0.25, 0.3) is 0 Å². The van der Waals surface area contributed by atoms with Crippen molar-refractivity contribution in [1.29, 1.82) is 0 Å². The number of carbonyl (C=O) groups is 2. The van der Waals surface area contributed by atoms with E-state index in [0.717, 1.165) is 36.8 Å². The van der Waals surface area contributed by atoms with E-state index in [1.165, 1.54) is 16.0 Å². The molecule has 0 heterocycles. The Balaban J connectivity index is 1.52. The van der Waals surface area contributed by atoms with Crippen molar-refractivity contribution < 1.29 is 19.4 Å². The summed E-state index contributed by atoms with van der Waals surface area (Å²) in [6.07, 6.45) is 3.33. The zero-order valence-corrected chi connectivity index (χ0v) is 16.7. The first kappa shape index (κ1) is 19.5. The molecule has 4 rings (SSSR count). The molecule has 1 atom stereocenters. The molecule has 2 aromatic carbocycles. The number of aliphatic carboxylic acids is 1. The van der Waals surface area contributed by atoms with E-state index >= 15 is 0 Å². The lowest BCUT2D eigenvalue weighted by molar-refractivity contribution is -0.143. The van der Waals surface area contributed by atoms with Gasteiger partial charge in [0.05, 0.1) is 0 Å². The highest BCUT2D eigenvalue weighted by atomic mass is 16.6. The SMILES string of the molecule is CCCC[C@@H](C(=O)O)N(C(=O)OCC1c2ccccc2-c2ccccc21)C1CC1. The van der Waals surface area contributed by atoms with Crippen molar-refractivity contribution in [2.45, 2.75) is 57.0 Å². The van der Waals surface area contributed by atoms with Crippen LogP contribution in [0.25, 0.3) is 11.1 Å². The minimum atomic E-state index is -0.946. The monoisotopic (exact) mass is 393 g/mol. The van der Waals surface area contributed by atoms with E-state index in [0.29, 0.717) is 6.42 Å². The first-order valence-corrected chi connectivity index (χ1v) is 10.5. The maximum atomic E-state index is 13.0. The molecule has 152 valence electrons. The van der Waals surface area contributed by atoms with Gasteiger partial charge in [0.2, 0.25) is 0 Å². The van der Waals surface area contributed by atoms with Crippen LogP contribution in [0.15, 0.2) is 48.5 Å². The summed E-state index contributed by atoms with van der Waals surface area (Å²) < 4.78 is 5.74. The molecule has 5 nitrogen and oxygen atoms in total. The van der Waals surface area contributed by atoms with Crippen LogP contribution in [0.2, 0.25) is 0 Å². The minimum absolute atomic E-state index is 0.0105. The molecule has 0 spiro atoms. The lowest BCUT2D eigenvalue weighted by Gasteiger charge is -2.29. The van der Waals surface area contributed by atoms with Gasteiger partial charge in [-0.25, -0.2) is 9.59 Å². The molecule has 2 aliphatic carbocycles. The predicted molar refractivity (Wildman–Crippen MR) is 111 cm³/mol. The summed E-state index contributed by atoms with van der Waals surface area (Å²) in [5.41, 5.74) is 4.66. The van der Waals surface area contributed by atoms with E-state index in [9.17, 15) is 14.7 Å². The molecule has 1 N–H and O–H groups in total. The number of carbonyl (C=O) groups excluding carboxylic acids is 1. The minimum Gasteiger partial charge on any atom is -0.480 e. The van der Waals surface area contributed by atoms with Crippen LogP contribution in [-0.2, 0) is 9.53 Å². The third-order valence-corrected chi connectivity index (χ3v) is 5.94. The number of unbranched alkanes of at least 4 members (excludes halogenated alkanes) is 1. The number of carboxylic acids is 1. The second-order valence-electron chi connectivity index (χ2n) is 7.94. The molecule has 2 aliphatic rings. The highest BCUT2D eigenvalue weighted by Gasteiger charge is 2.41. The molecule has 0 saturated heterocycles. The molecule has 1 saturated carbocycles. The maximum Gasteiger partial charge on any atom is 0.410 e. The summed E-state index contributed by atoms with van der Waals surface area (Å²) in [6, 6.07) is 15.6.